The molecule has 132 valence electrons. The molecule has 1 aliphatic heterocycles. The Labute approximate surface area is 145 Å². The molecular weight excluding hydrogens is 333 g/mol. The number of nitrogens with zero attached hydrogens (tertiary/aromatic N) is 1. The molecule has 0 aliphatic carbocycles. The molecule has 0 radical (unpaired) electrons. The number of aryl methyl sites for hydroxylation is 1. The molecule has 1 aromatic rings. The Hall–Kier alpha value is -1.76. The summed E-state index contributed by atoms with van der Waals surface area (Å²) in [5.41, 5.74) is -0.720. The molecule has 1 amide bonds. The highest BCUT2D eigenvalue weighted by molar-refractivity contribution is 7.99. The average molecular weight is 355 g/mol. The number of thioether (sulfide) groups is 1. The number of halogens is 1. The third-order valence-corrected chi connectivity index (χ3v) is 5.27. The Balaban J connectivity index is 2.15. The zero-order chi connectivity index (χ0) is 17.9. The highest BCUT2D eigenvalue weighted by atomic mass is 32.2. The van der Waals surface area contributed by atoms with E-state index >= 15 is 0 Å². The van der Waals surface area contributed by atoms with Gasteiger partial charge in [0.2, 0.25) is 11.5 Å². The molecule has 1 fully saturated rings. The number of amides is 1. The number of carbonyl (C=O) groups is 2. The first-order valence-electron chi connectivity index (χ1n) is 7.79. The van der Waals surface area contributed by atoms with Crippen LogP contribution < -0.4 is 4.74 Å². The van der Waals surface area contributed by atoms with E-state index in [0.717, 1.165) is 5.56 Å². The van der Waals surface area contributed by atoms with Crippen molar-refractivity contribution < 1.29 is 23.8 Å². The Morgan fingerprint density at radius 3 is 2.54 bits per heavy atom. The third-order valence-electron chi connectivity index (χ3n) is 4.37. The molecular formula is C17H22FNO4S. The number of ether oxygens (including phenoxy) is 1. The smallest absolute Gasteiger partial charge is 0.348 e. The lowest BCUT2D eigenvalue weighted by atomic mass is 9.90. The van der Waals surface area contributed by atoms with Crippen molar-refractivity contribution in [1.82, 2.24) is 4.90 Å². The number of carbonyl (C=O) groups excluding carboxylic acids is 1. The lowest BCUT2D eigenvalue weighted by Gasteiger charge is -2.39. The van der Waals surface area contributed by atoms with Crippen molar-refractivity contribution >= 4 is 23.6 Å². The zero-order valence-electron chi connectivity index (χ0n) is 14.0. The van der Waals surface area contributed by atoms with Crippen LogP contribution in [0.15, 0.2) is 18.2 Å². The molecule has 5 nitrogen and oxygen atoms in total. The van der Waals surface area contributed by atoms with E-state index in [1.54, 1.807) is 17.9 Å². The van der Waals surface area contributed by atoms with Gasteiger partial charge in [-0.05, 0) is 37.8 Å². The van der Waals surface area contributed by atoms with Crippen LogP contribution in [0.1, 0.15) is 25.3 Å². The molecule has 0 spiro atoms. The first-order chi connectivity index (χ1) is 11.3. The molecule has 0 bridgehead atoms. The molecule has 0 saturated carbocycles. The van der Waals surface area contributed by atoms with Gasteiger partial charge < -0.3 is 14.7 Å². The number of carboxylic acids is 1. The van der Waals surface area contributed by atoms with Gasteiger partial charge in [-0.15, -0.1) is 0 Å². The number of carboxylic acid groups (broad SMARTS) is 1. The van der Waals surface area contributed by atoms with Gasteiger partial charge in [-0.1, -0.05) is 6.07 Å². The quantitative estimate of drug-likeness (QED) is 0.880. The Morgan fingerprint density at radius 1 is 1.38 bits per heavy atom. The Bertz CT molecular complexity index is 629. The van der Waals surface area contributed by atoms with Crippen molar-refractivity contribution in [3.05, 3.63) is 29.6 Å². The number of piperidine rings is 1. The van der Waals surface area contributed by atoms with Crippen LogP contribution in [0.3, 0.4) is 0 Å². The van der Waals surface area contributed by atoms with Gasteiger partial charge in [0.15, 0.2) is 11.6 Å². The second kappa shape index (κ2) is 7.42. The maximum absolute atomic E-state index is 13.9. The summed E-state index contributed by atoms with van der Waals surface area (Å²) in [6.45, 7) is 4.17. The lowest BCUT2D eigenvalue weighted by molar-refractivity contribution is -0.162. The van der Waals surface area contributed by atoms with Gasteiger partial charge >= 0.3 is 5.97 Å². The first kappa shape index (κ1) is 18.6. The molecule has 0 unspecified atom stereocenters. The van der Waals surface area contributed by atoms with E-state index in [0.29, 0.717) is 0 Å². The largest absolute Gasteiger partial charge is 0.478 e. The maximum atomic E-state index is 13.9. The van der Waals surface area contributed by atoms with Gasteiger partial charge in [0.1, 0.15) is 0 Å². The lowest BCUT2D eigenvalue weighted by Crippen LogP contribution is -2.55. The summed E-state index contributed by atoms with van der Waals surface area (Å²) in [7, 11) is 0. The molecule has 1 aliphatic rings. The monoisotopic (exact) mass is 355 g/mol. The molecule has 1 atom stereocenters. The van der Waals surface area contributed by atoms with Crippen molar-refractivity contribution in [3.8, 4) is 5.75 Å². The fourth-order valence-corrected chi connectivity index (χ4v) is 3.06. The van der Waals surface area contributed by atoms with Gasteiger partial charge in [0.05, 0.1) is 5.25 Å². The van der Waals surface area contributed by atoms with Crippen LogP contribution in [-0.4, -0.2) is 52.1 Å². The molecule has 1 N–H and O–H groups in total. The number of hydrogen-bond acceptors (Lipinski definition) is 4. The fourth-order valence-electron chi connectivity index (χ4n) is 2.71. The highest BCUT2D eigenvalue weighted by Crippen LogP contribution is 2.32. The summed E-state index contributed by atoms with van der Waals surface area (Å²) >= 11 is 1.45. The Kier molecular flexibility index (Phi) is 5.74. The normalized spacial score (nSPS) is 18.1. The molecule has 0 aromatic heterocycles. The standard InChI is InChI=1S/C17H22FNO4S/c1-11-4-5-13(18)14(10-11)23-17(16(21)22)6-8-19(9-7-17)15(20)12(2)24-3/h4-5,10,12H,6-9H2,1-3H3,(H,21,22)/t12-/m1/s1. The summed E-state index contributed by atoms with van der Waals surface area (Å²) in [5.74, 6) is -1.79. The van der Waals surface area contributed by atoms with Crippen molar-refractivity contribution in [1.29, 1.82) is 0 Å². The molecule has 1 aromatic carbocycles. The van der Waals surface area contributed by atoms with Crippen molar-refractivity contribution in [3.63, 3.8) is 0 Å². The minimum absolute atomic E-state index is 0.0109. The van der Waals surface area contributed by atoms with Crippen molar-refractivity contribution in [2.75, 3.05) is 19.3 Å². The van der Waals surface area contributed by atoms with Gasteiger partial charge in [0, 0.05) is 25.9 Å². The third kappa shape index (κ3) is 3.83. The second-order valence-corrected chi connectivity index (χ2v) is 7.22. The van der Waals surface area contributed by atoms with E-state index in [4.69, 9.17) is 4.74 Å². The summed E-state index contributed by atoms with van der Waals surface area (Å²) < 4.78 is 19.5. The van der Waals surface area contributed by atoms with Gasteiger partial charge in [-0.25, -0.2) is 9.18 Å². The van der Waals surface area contributed by atoms with Gasteiger partial charge in [-0.3, -0.25) is 4.79 Å². The van der Waals surface area contributed by atoms with E-state index in [9.17, 15) is 19.1 Å². The minimum atomic E-state index is -1.51. The predicted octanol–water partition coefficient (Wildman–Crippen LogP) is 2.71. The van der Waals surface area contributed by atoms with Crippen molar-refractivity contribution in [2.24, 2.45) is 0 Å². The van der Waals surface area contributed by atoms with Crippen LogP contribution in [0.25, 0.3) is 0 Å². The van der Waals surface area contributed by atoms with Crippen LogP contribution in [0.4, 0.5) is 4.39 Å². The second-order valence-electron chi connectivity index (χ2n) is 6.04. The summed E-state index contributed by atoms with van der Waals surface area (Å²) in [6, 6.07) is 4.35. The minimum Gasteiger partial charge on any atom is -0.478 e. The number of rotatable bonds is 5. The van der Waals surface area contributed by atoms with Crippen LogP contribution in [0.5, 0.6) is 5.75 Å². The topological polar surface area (TPSA) is 66.8 Å². The number of aliphatic carboxylic acids is 1. The van der Waals surface area contributed by atoms with E-state index in [-0.39, 0.29) is 42.8 Å². The maximum Gasteiger partial charge on any atom is 0.348 e. The summed E-state index contributed by atoms with van der Waals surface area (Å²) in [5, 5.41) is 9.47. The molecule has 1 heterocycles. The van der Waals surface area contributed by atoms with E-state index in [2.05, 4.69) is 0 Å². The number of likely N-dealkylation sites (tertiary alicyclic amines) is 1. The van der Waals surface area contributed by atoms with Crippen LogP contribution in [0.2, 0.25) is 0 Å². The average Bonchev–Trinajstić information content (AvgIpc) is 2.57. The predicted molar refractivity (Wildman–Crippen MR) is 90.9 cm³/mol. The van der Waals surface area contributed by atoms with Crippen LogP contribution in [0, 0.1) is 12.7 Å². The van der Waals surface area contributed by atoms with E-state index in [1.165, 1.54) is 23.9 Å². The first-order valence-corrected chi connectivity index (χ1v) is 9.08. The van der Waals surface area contributed by atoms with Gasteiger partial charge in [-0.2, -0.15) is 11.8 Å². The highest BCUT2D eigenvalue weighted by Gasteiger charge is 2.45. The number of hydrogen-bond donors (Lipinski definition) is 1. The SMILES string of the molecule is CS[C@H](C)C(=O)N1CCC(Oc2cc(C)ccc2F)(C(=O)O)CC1. The summed E-state index contributed by atoms with van der Waals surface area (Å²) in [4.78, 5) is 25.7. The molecule has 2 rings (SSSR count). The zero-order valence-corrected chi connectivity index (χ0v) is 14.9. The Morgan fingerprint density at radius 2 is 2.00 bits per heavy atom. The van der Waals surface area contributed by atoms with Gasteiger partial charge in [0.25, 0.3) is 0 Å². The van der Waals surface area contributed by atoms with E-state index in [1.807, 2.05) is 13.2 Å². The van der Waals surface area contributed by atoms with Crippen LogP contribution >= 0.6 is 11.8 Å². The summed E-state index contributed by atoms with van der Waals surface area (Å²) in [6.07, 6.45) is 2.11. The fraction of sp³-hybridized carbons (Fsp3) is 0.529. The van der Waals surface area contributed by atoms with Crippen LogP contribution in [-0.2, 0) is 9.59 Å². The molecule has 24 heavy (non-hydrogen) atoms. The number of benzene rings is 1. The van der Waals surface area contributed by atoms with E-state index < -0.39 is 17.4 Å². The molecule has 7 heteroatoms. The molecule has 1 saturated heterocycles. The van der Waals surface area contributed by atoms with Crippen molar-refractivity contribution in [2.45, 2.75) is 37.5 Å².